The second-order valence-corrected chi connectivity index (χ2v) is 6.02. The molecule has 0 amide bonds. The van der Waals surface area contributed by atoms with Gasteiger partial charge >= 0.3 is 5.97 Å². The lowest BCUT2D eigenvalue weighted by Gasteiger charge is -2.29. The van der Waals surface area contributed by atoms with Gasteiger partial charge in [-0.3, -0.25) is 4.79 Å². The maximum atomic E-state index is 11.5. The molecular weight excluding hydrogens is 228 g/mol. The van der Waals surface area contributed by atoms with E-state index in [1.807, 2.05) is 7.05 Å². The van der Waals surface area contributed by atoms with E-state index in [-0.39, 0.29) is 12.0 Å². The monoisotopic (exact) mass is 254 g/mol. The Morgan fingerprint density at radius 2 is 2.22 bits per heavy atom. The summed E-state index contributed by atoms with van der Waals surface area (Å²) in [6, 6.07) is -0.210. The van der Waals surface area contributed by atoms with Gasteiger partial charge in [0.05, 0.1) is 7.11 Å². The number of carbonyl (C=O) groups excluding carboxylic acids is 1. The van der Waals surface area contributed by atoms with Gasteiger partial charge in [0, 0.05) is 13.1 Å². The summed E-state index contributed by atoms with van der Waals surface area (Å²) < 4.78 is 4.80. The van der Waals surface area contributed by atoms with Crippen molar-refractivity contribution in [1.82, 2.24) is 10.2 Å². The second kappa shape index (κ2) is 6.02. The van der Waals surface area contributed by atoms with Crippen molar-refractivity contribution in [2.75, 3.05) is 34.3 Å². The van der Waals surface area contributed by atoms with Crippen molar-refractivity contribution in [3.8, 4) is 0 Å². The fraction of sp³-hybridized carbons (Fsp3) is 0.929. The SMILES string of the molecule is CNC(CN(C)CC1CC2CCC1C2)C(=O)OC. The van der Waals surface area contributed by atoms with Crippen LogP contribution in [-0.2, 0) is 9.53 Å². The van der Waals surface area contributed by atoms with Gasteiger partial charge in [-0.25, -0.2) is 0 Å². The van der Waals surface area contributed by atoms with Crippen molar-refractivity contribution in [3.63, 3.8) is 0 Å². The highest BCUT2D eigenvalue weighted by molar-refractivity contribution is 5.75. The van der Waals surface area contributed by atoms with E-state index in [1.54, 1.807) is 0 Å². The summed E-state index contributed by atoms with van der Waals surface area (Å²) in [5.74, 6) is 2.62. The summed E-state index contributed by atoms with van der Waals surface area (Å²) in [7, 11) is 5.37. The largest absolute Gasteiger partial charge is 0.468 e. The molecule has 2 fully saturated rings. The summed E-state index contributed by atoms with van der Waals surface area (Å²) in [6.07, 6.45) is 5.73. The molecule has 0 heterocycles. The number of rotatable bonds is 6. The maximum absolute atomic E-state index is 11.5. The van der Waals surface area contributed by atoms with Crippen LogP contribution >= 0.6 is 0 Å². The van der Waals surface area contributed by atoms with Crippen LogP contribution in [0.5, 0.6) is 0 Å². The van der Waals surface area contributed by atoms with Crippen LogP contribution in [0.25, 0.3) is 0 Å². The van der Waals surface area contributed by atoms with E-state index >= 15 is 0 Å². The van der Waals surface area contributed by atoms with Crippen molar-refractivity contribution in [1.29, 1.82) is 0 Å². The molecule has 4 heteroatoms. The van der Waals surface area contributed by atoms with Gasteiger partial charge < -0.3 is 15.0 Å². The molecule has 0 aliphatic heterocycles. The third kappa shape index (κ3) is 3.04. The molecule has 0 aromatic heterocycles. The number of nitrogens with one attached hydrogen (secondary N) is 1. The van der Waals surface area contributed by atoms with Gasteiger partial charge in [0.1, 0.15) is 6.04 Å². The molecule has 0 radical (unpaired) electrons. The van der Waals surface area contributed by atoms with Crippen LogP contribution in [0, 0.1) is 17.8 Å². The summed E-state index contributed by atoms with van der Waals surface area (Å²) in [5.41, 5.74) is 0. The molecule has 0 saturated heterocycles. The van der Waals surface area contributed by atoms with Crippen molar-refractivity contribution in [3.05, 3.63) is 0 Å². The third-order valence-electron chi connectivity index (χ3n) is 4.76. The smallest absolute Gasteiger partial charge is 0.324 e. The molecule has 1 N–H and O–H groups in total. The first-order valence-corrected chi connectivity index (χ1v) is 7.07. The van der Waals surface area contributed by atoms with E-state index in [4.69, 9.17) is 4.74 Å². The first kappa shape index (κ1) is 13.8. The molecule has 4 atom stereocenters. The van der Waals surface area contributed by atoms with Crippen molar-refractivity contribution < 1.29 is 9.53 Å². The Labute approximate surface area is 110 Å². The van der Waals surface area contributed by atoms with Crippen LogP contribution in [0.3, 0.4) is 0 Å². The molecule has 18 heavy (non-hydrogen) atoms. The summed E-state index contributed by atoms with van der Waals surface area (Å²) in [5, 5.41) is 3.03. The molecule has 2 aliphatic rings. The van der Waals surface area contributed by atoms with E-state index in [0.29, 0.717) is 0 Å². The molecule has 0 aromatic rings. The Hall–Kier alpha value is -0.610. The molecule has 104 valence electrons. The average molecular weight is 254 g/mol. The molecular formula is C14H26N2O2. The van der Waals surface area contributed by atoms with Gasteiger partial charge in [-0.05, 0) is 51.1 Å². The normalized spacial score (nSPS) is 31.9. The zero-order chi connectivity index (χ0) is 13.1. The lowest BCUT2D eigenvalue weighted by atomic mass is 9.88. The predicted octanol–water partition coefficient (Wildman–Crippen LogP) is 1.12. The van der Waals surface area contributed by atoms with Crippen LogP contribution in [-0.4, -0.2) is 51.2 Å². The zero-order valence-electron chi connectivity index (χ0n) is 11.8. The highest BCUT2D eigenvalue weighted by Crippen LogP contribution is 2.48. The zero-order valence-corrected chi connectivity index (χ0v) is 11.8. The highest BCUT2D eigenvalue weighted by atomic mass is 16.5. The number of methoxy groups -OCH3 is 1. The van der Waals surface area contributed by atoms with Gasteiger partial charge in [-0.1, -0.05) is 6.42 Å². The second-order valence-electron chi connectivity index (χ2n) is 6.02. The Balaban J connectivity index is 1.77. The molecule has 2 rings (SSSR count). The average Bonchev–Trinajstić information content (AvgIpc) is 2.97. The maximum Gasteiger partial charge on any atom is 0.324 e. The van der Waals surface area contributed by atoms with Crippen LogP contribution in [0.15, 0.2) is 0 Å². The minimum atomic E-state index is -0.210. The van der Waals surface area contributed by atoms with E-state index in [2.05, 4.69) is 17.3 Å². The standard InChI is InChI=1S/C14H26N2O2/c1-15-13(14(17)18-3)9-16(2)8-12-7-10-4-5-11(12)6-10/h10-13,15H,4-9H2,1-3H3. The summed E-state index contributed by atoms with van der Waals surface area (Å²) >= 11 is 0. The van der Waals surface area contributed by atoms with E-state index in [9.17, 15) is 4.79 Å². The molecule has 0 spiro atoms. The van der Waals surface area contributed by atoms with Crippen LogP contribution in [0.2, 0.25) is 0 Å². The van der Waals surface area contributed by atoms with Gasteiger partial charge in [-0.2, -0.15) is 0 Å². The van der Waals surface area contributed by atoms with Crippen LogP contribution in [0.1, 0.15) is 25.7 Å². The topological polar surface area (TPSA) is 41.6 Å². The Morgan fingerprint density at radius 3 is 2.72 bits per heavy atom. The van der Waals surface area contributed by atoms with E-state index in [1.165, 1.54) is 32.8 Å². The molecule has 0 aromatic carbocycles. The highest BCUT2D eigenvalue weighted by Gasteiger charge is 2.39. The van der Waals surface area contributed by atoms with Crippen molar-refractivity contribution in [2.45, 2.75) is 31.7 Å². The molecule has 2 bridgehead atoms. The van der Waals surface area contributed by atoms with Crippen molar-refractivity contribution >= 4 is 5.97 Å². The third-order valence-corrected chi connectivity index (χ3v) is 4.76. The number of nitrogens with zero attached hydrogens (tertiary/aromatic N) is 1. The lowest BCUT2D eigenvalue weighted by Crippen LogP contribution is -2.45. The predicted molar refractivity (Wildman–Crippen MR) is 71.3 cm³/mol. The minimum Gasteiger partial charge on any atom is -0.468 e. The number of carbonyl (C=O) groups is 1. The van der Waals surface area contributed by atoms with Gasteiger partial charge in [0.15, 0.2) is 0 Å². The first-order chi connectivity index (χ1) is 8.63. The van der Waals surface area contributed by atoms with Crippen LogP contribution < -0.4 is 5.32 Å². The quantitative estimate of drug-likeness (QED) is 0.721. The fourth-order valence-corrected chi connectivity index (χ4v) is 3.81. The Kier molecular flexibility index (Phi) is 4.62. The van der Waals surface area contributed by atoms with Gasteiger partial charge in [-0.15, -0.1) is 0 Å². The lowest BCUT2D eigenvalue weighted by molar-refractivity contribution is -0.143. The molecule has 2 aliphatic carbocycles. The first-order valence-electron chi connectivity index (χ1n) is 7.07. The number of fused-ring (bicyclic) bond motifs is 2. The fourth-order valence-electron chi connectivity index (χ4n) is 3.81. The number of ether oxygens (including phenoxy) is 1. The van der Waals surface area contributed by atoms with Crippen LogP contribution in [0.4, 0.5) is 0 Å². The number of hydrogen-bond acceptors (Lipinski definition) is 4. The Morgan fingerprint density at radius 1 is 1.44 bits per heavy atom. The summed E-state index contributed by atoms with van der Waals surface area (Å²) in [4.78, 5) is 13.8. The summed E-state index contributed by atoms with van der Waals surface area (Å²) in [6.45, 7) is 1.85. The number of likely N-dealkylation sites (N-methyl/N-ethyl adjacent to an activating group) is 2. The molecule has 2 saturated carbocycles. The molecule has 4 nitrogen and oxygen atoms in total. The van der Waals surface area contributed by atoms with Crippen molar-refractivity contribution in [2.24, 2.45) is 17.8 Å². The molecule has 4 unspecified atom stereocenters. The van der Waals surface area contributed by atoms with E-state index in [0.717, 1.165) is 30.8 Å². The minimum absolute atomic E-state index is 0.169. The van der Waals surface area contributed by atoms with Gasteiger partial charge in [0.2, 0.25) is 0 Å². The van der Waals surface area contributed by atoms with E-state index < -0.39 is 0 Å². The van der Waals surface area contributed by atoms with Gasteiger partial charge in [0.25, 0.3) is 0 Å². The number of esters is 1. The Bertz CT molecular complexity index is 296. The number of hydrogen-bond donors (Lipinski definition) is 1.